The summed E-state index contributed by atoms with van der Waals surface area (Å²) in [5.74, 6) is 0.718. The van der Waals surface area contributed by atoms with Crippen molar-refractivity contribution in [2.45, 2.75) is 50.8 Å². The Kier molecular flexibility index (Phi) is 7.56. The van der Waals surface area contributed by atoms with Crippen LogP contribution in [0, 0.1) is 6.92 Å². The largest absolute Gasteiger partial charge is 0.494 e. The van der Waals surface area contributed by atoms with Gasteiger partial charge in [0.2, 0.25) is 10.0 Å². The van der Waals surface area contributed by atoms with Crippen LogP contribution in [-0.4, -0.2) is 34.7 Å². The van der Waals surface area contributed by atoms with Crippen LogP contribution in [0.1, 0.15) is 43.7 Å². The number of nitrogens with zero attached hydrogens (tertiary/aromatic N) is 1. The minimum absolute atomic E-state index is 0.273. The van der Waals surface area contributed by atoms with Gasteiger partial charge in [-0.3, -0.25) is 0 Å². The zero-order valence-electron chi connectivity index (χ0n) is 17.5. The van der Waals surface area contributed by atoms with E-state index in [0.29, 0.717) is 19.6 Å². The number of ether oxygens (including phenoxy) is 1. The van der Waals surface area contributed by atoms with E-state index in [0.717, 1.165) is 30.0 Å². The van der Waals surface area contributed by atoms with E-state index in [1.807, 2.05) is 13.8 Å². The van der Waals surface area contributed by atoms with E-state index in [4.69, 9.17) is 4.74 Å². The Labute approximate surface area is 175 Å². The first-order valence-corrected chi connectivity index (χ1v) is 12.0. The molecule has 3 rings (SSSR count). The molecule has 6 heteroatoms. The molecule has 0 aliphatic carbocycles. The van der Waals surface area contributed by atoms with E-state index < -0.39 is 10.0 Å². The number of anilines is 1. The van der Waals surface area contributed by atoms with Gasteiger partial charge in [-0.15, -0.1) is 0 Å². The molecule has 0 aromatic heterocycles. The summed E-state index contributed by atoms with van der Waals surface area (Å²) in [6.45, 7) is 6.95. The minimum atomic E-state index is -3.53. The highest BCUT2D eigenvalue weighted by molar-refractivity contribution is 7.89. The highest BCUT2D eigenvalue weighted by Gasteiger charge is 2.15. The second-order valence-electron chi connectivity index (χ2n) is 7.58. The lowest BCUT2D eigenvalue weighted by Gasteiger charge is -2.22. The lowest BCUT2D eigenvalue weighted by Crippen LogP contribution is -2.26. The number of hydrogen-bond acceptors (Lipinski definition) is 4. The Bertz CT molecular complexity index is 887. The first-order valence-electron chi connectivity index (χ1n) is 10.6. The molecule has 1 aliphatic heterocycles. The van der Waals surface area contributed by atoms with Crippen molar-refractivity contribution in [2.24, 2.45) is 0 Å². The van der Waals surface area contributed by atoms with Crippen LogP contribution in [0.5, 0.6) is 5.75 Å². The van der Waals surface area contributed by atoms with Crippen molar-refractivity contribution in [3.63, 3.8) is 0 Å². The molecule has 0 saturated carbocycles. The summed E-state index contributed by atoms with van der Waals surface area (Å²) in [6, 6.07) is 13.5. The molecule has 0 bridgehead atoms. The molecule has 29 heavy (non-hydrogen) atoms. The van der Waals surface area contributed by atoms with Gasteiger partial charge in [-0.2, -0.15) is 0 Å². The summed E-state index contributed by atoms with van der Waals surface area (Å²) in [4.78, 5) is 2.73. The van der Waals surface area contributed by atoms with Gasteiger partial charge in [0, 0.05) is 25.3 Å². The van der Waals surface area contributed by atoms with Crippen molar-refractivity contribution in [3.05, 3.63) is 53.6 Å². The van der Waals surface area contributed by atoms with E-state index in [1.54, 1.807) is 18.2 Å². The summed E-state index contributed by atoms with van der Waals surface area (Å²) in [6.07, 6.45) is 5.82. The molecule has 2 aromatic carbocycles. The molecule has 0 spiro atoms. The highest BCUT2D eigenvalue weighted by Crippen LogP contribution is 2.22. The van der Waals surface area contributed by atoms with Gasteiger partial charge in [-0.05, 0) is 74.6 Å². The van der Waals surface area contributed by atoms with Crippen molar-refractivity contribution in [1.82, 2.24) is 4.72 Å². The van der Waals surface area contributed by atoms with Gasteiger partial charge < -0.3 is 9.64 Å². The van der Waals surface area contributed by atoms with Crippen molar-refractivity contribution in [3.8, 4) is 5.75 Å². The Morgan fingerprint density at radius 1 is 1.00 bits per heavy atom. The van der Waals surface area contributed by atoms with Crippen LogP contribution >= 0.6 is 0 Å². The van der Waals surface area contributed by atoms with E-state index in [1.165, 1.54) is 31.4 Å². The summed E-state index contributed by atoms with van der Waals surface area (Å²) in [7, 11) is -3.53. The zero-order chi connectivity index (χ0) is 20.7. The molecular formula is C23H32N2O3S. The van der Waals surface area contributed by atoms with Crippen LogP contribution in [-0.2, 0) is 16.4 Å². The number of rotatable bonds is 8. The Morgan fingerprint density at radius 3 is 2.31 bits per heavy atom. The van der Waals surface area contributed by atoms with E-state index in [-0.39, 0.29) is 4.90 Å². The lowest BCUT2D eigenvalue weighted by atomic mass is 10.1. The minimum Gasteiger partial charge on any atom is -0.494 e. The number of aryl methyl sites for hydroxylation is 1. The molecule has 0 unspecified atom stereocenters. The fourth-order valence-electron chi connectivity index (χ4n) is 3.72. The number of nitrogens with one attached hydrogen (secondary N) is 1. The molecule has 1 heterocycles. The smallest absolute Gasteiger partial charge is 0.240 e. The molecule has 1 saturated heterocycles. The molecule has 0 radical (unpaired) electrons. The summed E-state index contributed by atoms with van der Waals surface area (Å²) >= 11 is 0. The Morgan fingerprint density at radius 2 is 1.69 bits per heavy atom. The maximum absolute atomic E-state index is 12.6. The monoisotopic (exact) mass is 416 g/mol. The number of hydrogen-bond donors (Lipinski definition) is 1. The first-order chi connectivity index (χ1) is 14.0. The molecule has 0 amide bonds. The van der Waals surface area contributed by atoms with Crippen LogP contribution in [0.15, 0.2) is 47.4 Å². The average molecular weight is 417 g/mol. The third kappa shape index (κ3) is 5.97. The van der Waals surface area contributed by atoms with Gasteiger partial charge in [-0.25, -0.2) is 13.1 Å². The quantitative estimate of drug-likeness (QED) is 0.697. The topological polar surface area (TPSA) is 58.6 Å². The second kappa shape index (κ2) is 10.1. The molecule has 5 nitrogen and oxygen atoms in total. The maximum atomic E-state index is 12.6. The normalized spacial score (nSPS) is 15.2. The molecule has 2 aromatic rings. The highest BCUT2D eigenvalue weighted by atomic mass is 32.2. The van der Waals surface area contributed by atoms with Gasteiger partial charge in [-0.1, -0.05) is 25.0 Å². The van der Waals surface area contributed by atoms with Crippen LogP contribution in [0.25, 0.3) is 0 Å². The molecule has 1 N–H and O–H groups in total. The molecule has 0 atom stereocenters. The summed E-state index contributed by atoms with van der Waals surface area (Å²) in [5.41, 5.74) is 3.22. The fourth-order valence-corrected chi connectivity index (χ4v) is 4.84. The average Bonchev–Trinajstić information content (AvgIpc) is 2.99. The fraction of sp³-hybridized carbons (Fsp3) is 0.478. The van der Waals surface area contributed by atoms with Gasteiger partial charge in [0.25, 0.3) is 0 Å². The third-order valence-corrected chi connectivity index (χ3v) is 6.83. The SMILES string of the molecule is CCOc1ccc(S(=O)(=O)NCCc2ccc(N3CCCCCC3)cc2)cc1C. The first kappa shape index (κ1) is 21.7. The number of sulfonamides is 1. The summed E-state index contributed by atoms with van der Waals surface area (Å²) < 4.78 is 33.4. The van der Waals surface area contributed by atoms with Gasteiger partial charge in [0.1, 0.15) is 5.75 Å². The zero-order valence-corrected chi connectivity index (χ0v) is 18.3. The second-order valence-corrected chi connectivity index (χ2v) is 9.34. The Hall–Kier alpha value is -2.05. The van der Waals surface area contributed by atoms with Crippen LogP contribution in [0.4, 0.5) is 5.69 Å². The van der Waals surface area contributed by atoms with Crippen molar-refractivity contribution in [2.75, 3.05) is 31.1 Å². The van der Waals surface area contributed by atoms with Gasteiger partial charge >= 0.3 is 0 Å². The van der Waals surface area contributed by atoms with E-state index >= 15 is 0 Å². The van der Waals surface area contributed by atoms with E-state index in [9.17, 15) is 8.42 Å². The Balaban J connectivity index is 1.55. The number of benzene rings is 2. The van der Waals surface area contributed by atoms with Crippen molar-refractivity contribution >= 4 is 15.7 Å². The predicted molar refractivity (Wildman–Crippen MR) is 118 cm³/mol. The molecule has 1 fully saturated rings. The standard InChI is InChI=1S/C23H32N2O3S/c1-3-28-23-13-12-22(18-19(23)2)29(26,27)24-15-14-20-8-10-21(11-9-20)25-16-6-4-5-7-17-25/h8-13,18,24H,3-7,14-17H2,1-2H3. The summed E-state index contributed by atoms with van der Waals surface area (Å²) in [5, 5.41) is 0. The van der Waals surface area contributed by atoms with Gasteiger partial charge in [0.15, 0.2) is 0 Å². The van der Waals surface area contributed by atoms with E-state index in [2.05, 4.69) is 33.9 Å². The van der Waals surface area contributed by atoms with Crippen molar-refractivity contribution in [1.29, 1.82) is 0 Å². The van der Waals surface area contributed by atoms with Crippen LogP contribution < -0.4 is 14.4 Å². The molecule has 158 valence electrons. The molecular weight excluding hydrogens is 384 g/mol. The van der Waals surface area contributed by atoms with Crippen molar-refractivity contribution < 1.29 is 13.2 Å². The predicted octanol–water partition coefficient (Wildman–Crippen LogP) is 4.30. The van der Waals surface area contributed by atoms with Crippen LogP contribution in [0.3, 0.4) is 0 Å². The van der Waals surface area contributed by atoms with Gasteiger partial charge in [0.05, 0.1) is 11.5 Å². The molecule has 1 aliphatic rings. The maximum Gasteiger partial charge on any atom is 0.240 e. The third-order valence-electron chi connectivity index (χ3n) is 5.37. The van der Waals surface area contributed by atoms with Crippen LogP contribution in [0.2, 0.25) is 0 Å². The lowest BCUT2D eigenvalue weighted by molar-refractivity contribution is 0.337.